The summed E-state index contributed by atoms with van der Waals surface area (Å²) in [7, 11) is 0. The topological polar surface area (TPSA) is 69.2 Å². The number of ether oxygens (including phenoxy) is 1. The summed E-state index contributed by atoms with van der Waals surface area (Å²) in [6.45, 7) is 0. The highest BCUT2D eigenvalue weighted by molar-refractivity contribution is 6.13. The average molecular weight is 226 g/mol. The van der Waals surface area contributed by atoms with Crippen LogP contribution in [0, 0.1) is 0 Å². The summed E-state index contributed by atoms with van der Waals surface area (Å²) in [6.07, 6.45) is 1.32. The van der Waals surface area contributed by atoms with Crippen LogP contribution in [0.15, 0.2) is 36.5 Å². The standard InChI is InChI=1S/C12H6N2O3/c15-11-8-6-13-10(7-4-2-1-3-5-7)14-9(8)12(16)17-11/h1-6H. The molecule has 82 valence electrons. The molecule has 0 bridgehead atoms. The van der Waals surface area contributed by atoms with Crippen LogP contribution in [-0.4, -0.2) is 21.9 Å². The van der Waals surface area contributed by atoms with Crippen molar-refractivity contribution in [3.05, 3.63) is 47.8 Å². The molecule has 1 aliphatic heterocycles. The Labute approximate surface area is 96.1 Å². The highest BCUT2D eigenvalue weighted by atomic mass is 16.6. The number of aromatic nitrogens is 2. The monoisotopic (exact) mass is 226 g/mol. The smallest absolute Gasteiger partial charge is 0.365 e. The van der Waals surface area contributed by atoms with E-state index in [1.807, 2.05) is 30.3 Å². The number of carbonyl (C=O) groups excluding carboxylic acids is 2. The van der Waals surface area contributed by atoms with Gasteiger partial charge >= 0.3 is 11.9 Å². The Balaban J connectivity index is 2.15. The third kappa shape index (κ3) is 1.48. The second kappa shape index (κ2) is 3.48. The Kier molecular flexibility index (Phi) is 1.98. The van der Waals surface area contributed by atoms with E-state index in [2.05, 4.69) is 14.7 Å². The van der Waals surface area contributed by atoms with Crippen molar-refractivity contribution in [2.45, 2.75) is 0 Å². The molecule has 0 amide bonds. The van der Waals surface area contributed by atoms with Gasteiger partial charge in [0, 0.05) is 11.8 Å². The minimum absolute atomic E-state index is 0.0313. The fourth-order valence-electron chi connectivity index (χ4n) is 1.60. The molecule has 17 heavy (non-hydrogen) atoms. The molecule has 0 saturated carbocycles. The van der Waals surface area contributed by atoms with Crippen molar-refractivity contribution >= 4 is 11.9 Å². The maximum atomic E-state index is 11.3. The molecule has 2 aromatic rings. The van der Waals surface area contributed by atoms with Gasteiger partial charge in [-0.25, -0.2) is 19.6 Å². The second-order valence-electron chi connectivity index (χ2n) is 3.50. The van der Waals surface area contributed by atoms with E-state index >= 15 is 0 Å². The maximum absolute atomic E-state index is 11.3. The molecular formula is C12H6N2O3. The van der Waals surface area contributed by atoms with Crippen LogP contribution < -0.4 is 0 Å². The lowest BCUT2D eigenvalue weighted by Crippen LogP contribution is -2.00. The van der Waals surface area contributed by atoms with E-state index < -0.39 is 11.9 Å². The average Bonchev–Trinajstić information content (AvgIpc) is 2.66. The van der Waals surface area contributed by atoms with E-state index in [-0.39, 0.29) is 11.3 Å². The lowest BCUT2D eigenvalue weighted by Gasteiger charge is -1.99. The third-order valence-corrected chi connectivity index (χ3v) is 2.42. The number of carbonyl (C=O) groups is 2. The van der Waals surface area contributed by atoms with Crippen molar-refractivity contribution in [2.24, 2.45) is 0 Å². The molecule has 0 radical (unpaired) electrons. The van der Waals surface area contributed by atoms with Crippen molar-refractivity contribution in [3.8, 4) is 11.4 Å². The van der Waals surface area contributed by atoms with Gasteiger partial charge in [0.25, 0.3) is 0 Å². The number of fused-ring (bicyclic) bond motifs is 1. The van der Waals surface area contributed by atoms with Gasteiger partial charge in [-0.3, -0.25) is 0 Å². The predicted molar refractivity (Wildman–Crippen MR) is 57.2 cm³/mol. The number of benzene rings is 1. The van der Waals surface area contributed by atoms with Crippen molar-refractivity contribution in [1.29, 1.82) is 0 Å². The molecule has 5 nitrogen and oxygen atoms in total. The van der Waals surface area contributed by atoms with Gasteiger partial charge in [0.05, 0.1) is 0 Å². The largest absolute Gasteiger partial charge is 0.384 e. The van der Waals surface area contributed by atoms with Crippen LogP contribution in [0.2, 0.25) is 0 Å². The molecular weight excluding hydrogens is 220 g/mol. The zero-order valence-electron chi connectivity index (χ0n) is 8.58. The highest BCUT2D eigenvalue weighted by Gasteiger charge is 2.32. The van der Waals surface area contributed by atoms with Crippen molar-refractivity contribution < 1.29 is 14.3 Å². The first kappa shape index (κ1) is 9.65. The summed E-state index contributed by atoms with van der Waals surface area (Å²) in [5.41, 5.74) is 0.931. The second-order valence-corrected chi connectivity index (χ2v) is 3.50. The minimum Gasteiger partial charge on any atom is -0.384 e. The first-order valence-electron chi connectivity index (χ1n) is 4.94. The van der Waals surface area contributed by atoms with Gasteiger partial charge < -0.3 is 4.74 Å². The van der Waals surface area contributed by atoms with E-state index in [0.29, 0.717) is 5.82 Å². The number of hydrogen-bond donors (Lipinski definition) is 0. The van der Waals surface area contributed by atoms with Gasteiger partial charge in [0.1, 0.15) is 5.56 Å². The van der Waals surface area contributed by atoms with Gasteiger partial charge in [-0.1, -0.05) is 30.3 Å². The molecule has 0 fully saturated rings. The Morgan fingerprint density at radius 1 is 1.00 bits per heavy atom. The summed E-state index contributed by atoms with van der Waals surface area (Å²) in [5, 5.41) is 0. The maximum Gasteiger partial charge on any atom is 0.365 e. The van der Waals surface area contributed by atoms with E-state index in [9.17, 15) is 9.59 Å². The van der Waals surface area contributed by atoms with E-state index in [1.54, 1.807) is 0 Å². The SMILES string of the molecule is O=C1OC(=O)c2nc(-c3ccccc3)ncc21. The van der Waals surface area contributed by atoms with Crippen molar-refractivity contribution in [1.82, 2.24) is 9.97 Å². The molecule has 0 N–H and O–H groups in total. The minimum atomic E-state index is -0.718. The van der Waals surface area contributed by atoms with E-state index in [1.165, 1.54) is 6.20 Å². The molecule has 0 spiro atoms. The first-order valence-corrected chi connectivity index (χ1v) is 4.94. The van der Waals surface area contributed by atoms with Gasteiger partial charge in [-0.2, -0.15) is 0 Å². The highest BCUT2D eigenvalue weighted by Crippen LogP contribution is 2.21. The van der Waals surface area contributed by atoms with Crippen LogP contribution >= 0.6 is 0 Å². The van der Waals surface area contributed by atoms with E-state index in [0.717, 1.165) is 5.56 Å². The Morgan fingerprint density at radius 3 is 2.53 bits per heavy atom. The lowest BCUT2D eigenvalue weighted by molar-refractivity contribution is 0.0441. The summed E-state index contributed by atoms with van der Waals surface area (Å²) < 4.78 is 4.44. The Bertz CT molecular complexity index is 623. The summed E-state index contributed by atoms with van der Waals surface area (Å²) in [4.78, 5) is 30.6. The third-order valence-electron chi connectivity index (χ3n) is 2.42. The molecule has 3 rings (SSSR count). The van der Waals surface area contributed by atoms with Gasteiger partial charge in [-0.05, 0) is 0 Å². The lowest BCUT2D eigenvalue weighted by atomic mass is 10.2. The van der Waals surface area contributed by atoms with Crippen LogP contribution in [0.5, 0.6) is 0 Å². The van der Waals surface area contributed by atoms with Crippen LogP contribution in [0.3, 0.4) is 0 Å². The normalized spacial score (nSPS) is 13.4. The Morgan fingerprint density at radius 2 is 1.76 bits per heavy atom. The van der Waals surface area contributed by atoms with Crippen molar-refractivity contribution in [3.63, 3.8) is 0 Å². The van der Waals surface area contributed by atoms with Gasteiger partial charge in [0.2, 0.25) is 0 Å². The number of nitrogens with zero attached hydrogens (tertiary/aromatic N) is 2. The molecule has 0 saturated heterocycles. The Hall–Kier alpha value is -2.56. The molecule has 0 atom stereocenters. The number of hydrogen-bond acceptors (Lipinski definition) is 5. The summed E-state index contributed by atoms with van der Waals surface area (Å²) >= 11 is 0. The first-order chi connectivity index (χ1) is 8.25. The molecule has 0 aliphatic carbocycles. The molecule has 2 heterocycles. The molecule has 1 aromatic carbocycles. The van der Waals surface area contributed by atoms with Gasteiger partial charge in [0.15, 0.2) is 11.5 Å². The number of esters is 2. The molecule has 1 aliphatic rings. The molecule has 5 heteroatoms. The zero-order chi connectivity index (χ0) is 11.8. The van der Waals surface area contributed by atoms with E-state index in [4.69, 9.17) is 0 Å². The van der Waals surface area contributed by atoms with Crippen LogP contribution in [0.1, 0.15) is 20.8 Å². The van der Waals surface area contributed by atoms with Crippen molar-refractivity contribution in [2.75, 3.05) is 0 Å². The van der Waals surface area contributed by atoms with Crippen LogP contribution in [0.25, 0.3) is 11.4 Å². The van der Waals surface area contributed by atoms with Crippen LogP contribution in [-0.2, 0) is 4.74 Å². The number of cyclic esters (lactones) is 2. The number of rotatable bonds is 1. The molecule has 0 unspecified atom stereocenters. The quantitative estimate of drug-likeness (QED) is 0.543. The molecule has 1 aromatic heterocycles. The summed E-state index contributed by atoms with van der Waals surface area (Å²) in [6, 6.07) is 9.20. The zero-order valence-corrected chi connectivity index (χ0v) is 8.58. The van der Waals surface area contributed by atoms with Crippen LogP contribution in [0.4, 0.5) is 0 Å². The fraction of sp³-hybridized carbons (Fsp3) is 0. The summed E-state index contributed by atoms with van der Waals surface area (Å²) in [5.74, 6) is -1.01. The van der Waals surface area contributed by atoms with Gasteiger partial charge in [-0.15, -0.1) is 0 Å². The fourth-order valence-corrected chi connectivity index (χ4v) is 1.60. The predicted octanol–water partition coefficient (Wildman–Crippen LogP) is 1.45.